The predicted molar refractivity (Wildman–Crippen MR) is 85.7 cm³/mol. The molecule has 1 fully saturated rings. The molecule has 0 radical (unpaired) electrons. The Morgan fingerprint density at radius 3 is 2.76 bits per heavy atom. The first kappa shape index (κ1) is 16.8. The Kier molecular flexibility index (Phi) is 5.17. The predicted octanol–water partition coefficient (Wildman–Crippen LogP) is -0.549. The molecule has 0 aromatic carbocycles. The third kappa shape index (κ3) is 4.08. The van der Waals surface area contributed by atoms with E-state index in [1.165, 1.54) is 18.1 Å². The summed E-state index contributed by atoms with van der Waals surface area (Å²) in [4.78, 5) is 32.5. The van der Waals surface area contributed by atoms with E-state index in [1.807, 2.05) is 0 Å². The number of methoxy groups -OCH3 is 1. The van der Waals surface area contributed by atoms with Crippen molar-refractivity contribution in [2.75, 3.05) is 33.3 Å². The summed E-state index contributed by atoms with van der Waals surface area (Å²) >= 11 is 0. The molecule has 0 unspecified atom stereocenters. The van der Waals surface area contributed by atoms with Gasteiger partial charge in [-0.1, -0.05) is 0 Å². The minimum atomic E-state index is -0.0875. The Labute approximate surface area is 144 Å². The maximum Gasteiger partial charge on any atom is 0.254 e. The fourth-order valence-electron chi connectivity index (χ4n) is 2.70. The highest BCUT2D eigenvalue weighted by molar-refractivity contribution is 5.94. The summed E-state index contributed by atoms with van der Waals surface area (Å²) in [6, 6.07) is 3.28. The van der Waals surface area contributed by atoms with Crippen LogP contribution in [0.5, 0.6) is 5.88 Å². The summed E-state index contributed by atoms with van der Waals surface area (Å²) in [6.07, 6.45) is 3.67. The van der Waals surface area contributed by atoms with Crippen LogP contribution in [0.15, 0.2) is 24.7 Å². The number of amides is 2. The van der Waals surface area contributed by atoms with E-state index >= 15 is 0 Å². The topological polar surface area (TPSA) is 106 Å². The van der Waals surface area contributed by atoms with Crippen molar-refractivity contribution in [3.8, 4) is 5.88 Å². The summed E-state index contributed by atoms with van der Waals surface area (Å²) in [5.74, 6) is 0.251. The van der Waals surface area contributed by atoms with E-state index in [9.17, 15) is 9.59 Å². The maximum atomic E-state index is 12.7. The molecule has 1 aliphatic heterocycles. The number of nitrogens with zero attached hydrogens (tertiary/aromatic N) is 7. The number of aromatic nitrogens is 5. The second kappa shape index (κ2) is 7.69. The SMILES string of the molecule is COc1cc(C(=O)N2CCCN(C(=O)Cn3cnnn3)CC2)ccn1. The fourth-order valence-corrected chi connectivity index (χ4v) is 2.70. The summed E-state index contributed by atoms with van der Waals surface area (Å²) in [6.45, 7) is 2.25. The van der Waals surface area contributed by atoms with Gasteiger partial charge in [-0.15, -0.1) is 5.10 Å². The van der Waals surface area contributed by atoms with Gasteiger partial charge in [-0.3, -0.25) is 9.59 Å². The number of hydrogen-bond acceptors (Lipinski definition) is 7. The third-order valence-corrected chi connectivity index (χ3v) is 4.02. The molecule has 1 aliphatic rings. The van der Waals surface area contributed by atoms with Crippen molar-refractivity contribution in [1.29, 1.82) is 0 Å². The van der Waals surface area contributed by atoms with Crippen molar-refractivity contribution in [3.63, 3.8) is 0 Å². The standard InChI is InChI=1S/C15H19N7O3/c1-25-13-9-12(3-4-16-13)15(24)21-6-2-5-20(7-8-21)14(23)10-22-11-17-18-19-22/h3-4,9,11H,2,5-8,10H2,1H3. The summed E-state index contributed by atoms with van der Waals surface area (Å²) < 4.78 is 6.45. The van der Waals surface area contributed by atoms with Gasteiger partial charge in [0.15, 0.2) is 0 Å². The molecule has 1 saturated heterocycles. The van der Waals surface area contributed by atoms with Crippen molar-refractivity contribution < 1.29 is 14.3 Å². The van der Waals surface area contributed by atoms with Gasteiger partial charge in [0, 0.05) is 44.0 Å². The summed E-state index contributed by atoms with van der Waals surface area (Å²) in [7, 11) is 1.51. The summed E-state index contributed by atoms with van der Waals surface area (Å²) in [5, 5.41) is 10.7. The van der Waals surface area contributed by atoms with E-state index in [1.54, 1.807) is 28.1 Å². The van der Waals surface area contributed by atoms with Crippen LogP contribution in [0.3, 0.4) is 0 Å². The molecule has 0 aliphatic carbocycles. The zero-order chi connectivity index (χ0) is 17.6. The van der Waals surface area contributed by atoms with Crippen molar-refractivity contribution >= 4 is 11.8 Å². The molecule has 2 aromatic rings. The van der Waals surface area contributed by atoms with Crippen LogP contribution in [0, 0.1) is 0 Å². The second-order valence-corrected chi connectivity index (χ2v) is 5.62. The lowest BCUT2D eigenvalue weighted by Crippen LogP contribution is -2.38. The molecule has 10 heteroatoms. The lowest BCUT2D eigenvalue weighted by atomic mass is 10.2. The van der Waals surface area contributed by atoms with E-state index in [2.05, 4.69) is 20.5 Å². The van der Waals surface area contributed by atoms with Gasteiger partial charge in [0.25, 0.3) is 5.91 Å². The average molecular weight is 345 g/mol. The Bertz CT molecular complexity index is 734. The molecule has 0 saturated carbocycles. The second-order valence-electron chi connectivity index (χ2n) is 5.62. The molecule has 0 N–H and O–H groups in total. The lowest BCUT2D eigenvalue weighted by molar-refractivity contribution is -0.131. The molecule has 0 atom stereocenters. The normalized spacial score (nSPS) is 14.9. The van der Waals surface area contributed by atoms with Crippen LogP contribution >= 0.6 is 0 Å². The van der Waals surface area contributed by atoms with Crippen molar-refractivity contribution in [2.24, 2.45) is 0 Å². The number of ether oxygens (including phenoxy) is 1. The maximum absolute atomic E-state index is 12.7. The van der Waals surface area contributed by atoms with Crippen molar-refractivity contribution in [2.45, 2.75) is 13.0 Å². The number of pyridine rings is 1. The van der Waals surface area contributed by atoms with Crippen LogP contribution in [-0.2, 0) is 11.3 Å². The number of rotatable bonds is 4. The Morgan fingerprint density at radius 1 is 1.20 bits per heavy atom. The largest absolute Gasteiger partial charge is 0.481 e. The smallest absolute Gasteiger partial charge is 0.254 e. The quantitative estimate of drug-likeness (QED) is 0.732. The molecule has 10 nitrogen and oxygen atoms in total. The first-order chi connectivity index (χ1) is 12.2. The van der Waals surface area contributed by atoms with Crippen LogP contribution in [0.4, 0.5) is 0 Å². The van der Waals surface area contributed by atoms with Gasteiger partial charge in [-0.25, -0.2) is 9.67 Å². The monoisotopic (exact) mass is 345 g/mol. The lowest BCUT2D eigenvalue weighted by Gasteiger charge is -2.22. The van der Waals surface area contributed by atoms with Crippen molar-refractivity contribution in [3.05, 3.63) is 30.2 Å². The average Bonchev–Trinajstić information content (AvgIpc) is 3.02. The molecular formula is C15H19N7O3. The minimum Gasteiger partial charge on any atom is -0.481 e. The van der Waals surface area contributed by atoms with Crippen LogP contribution in [0.1, 0.15) is 16.8 Å². The first-order valence-corrected chi connectivity index (χ1v) is 7.95. The zero-order valence-corrected chi connectivity index (χ0v) is 13.9. The molecule has 0 spiro atoms. The van der Waals surface area contributed by atoms with Crippen LogP contribution in [0.25, 0.3) is 0 Å². The Morgan fingerprint density at radius 2 is 2.00 bits per heavy atom. The van der Waals surface area contributed by atoms with Crippen LogP contribution < -0.4 is 4.74 Å². The highest BCUT2D eigenvalue weighted by Gasteiger charge is 2.23. The van der Waals surface area contributed by atoms with Gasteiger partial charge in [0.1, 0.15) is 12.9 Å². The van der Waals surface area contributed by atoms with Crippen LogP contribution in [-0.4, -0.2) is 80.1 Å². The van der Waals surface area contributed by atoms with E-state index in [4.69, 9.17) is 4.74 Å². The molecule has 2 amide bonds. The molecule has 25 heavy (non-hydrogen) atoms. The molecule has 0 bridgehead atoms. The molecule has 2 aromatic heterocycles. The fraction of sp³-hybridized carbons (Fsp3) is 0.467. The van der Waals surface area contributed by atoms with Gasteiger partial charge in [0.05, 0.1) is 7.11 Å². The van der Waals surface area contributed by atoms with E-state index in [-0.39, 0.29) is 18.4 Å². The highest BCUT2D eigenvalue weighted by Crippen LogP contribution is 2.13. The molecule has 3 rings (SSSR count). The van der Waals surface area contributed by atoms with Gasteiger partial charge in [-0.2, -0.15) is 0 Å². The number of hydrogen-bond donors (Lipinski definition) is 0. The summed E-state index contributed by atoms with van der Waals surface area (Å²) in [5.41, 5.74) is 0.528. The molecular weight excluding hydrogens is 326 g/mol. The van der Waals surface area contributed by atoms with Gasteiger partial charge < -0.3 is 14.5 Å². The Balaban J connectivity index is 1.60. The molecule has 132 valence electrons. The van der Waals surface area contributed by atoms with E-state index < -0.39 is 0 Å². The number of tetrazole rings is 1. The van der Waals surface area contributed by atoms with Crippen molar-refractivity contribution in [1.82, 2.24) is 35.0 Å². The van der Waals surface area contributed by atoms with Gasteiger partial charge in [0.2, 0.25) is 11.8 Å². The third-order valence-electron chi connectivity index (χ3n) is 4.02. The highest BCUT2D eigenvalue weighted by atomic mass is 16.5. The molecule has 3 heterocycles. The first-order valence-electron chi connectivity index (χ1n) is 7.95. The van der Waals surface area contributed by atoms with E-state index in [0.717, 1.165) is 6.42 Å². The number of carbonyl (C=O) groups excluding carboxylic acids is 2. The van der Waals surface area contributed by atoms with Gasteiger partial charge in [-0.05, 0) is 22.9 Å². The number of carbonyl (C=O) groups is 2. The van der Waals surface area contributed by atoms with Crippen LogP contribution in [0.2, 0.25) is 0 Å². The van der Waals surface area contributed by atoms with Gasteiger partial charge >= 0.3 is 0 Å². The zero-order valence-electron chi connectivity index (χ0n) is 13.9. The Hall–Kier alpha value is -3.04. The minimum absolute atomic E-state index is 0.0628. The van der Waals surface area contributed by atoms with E-state index in [0.29, 0.717) is 37.6 Å².